The van der Waals surface area contributed by atoms with Crippen LogP contribution in [0.5, 0.6) is 0 Å². The maximum Gasteiger partial charge on any atom is 0.00698 e. The Balaban J connectivity index is 1.64. The molecule has 2 saturated carbocycles. The van der Waals surface area contributed by atoms with Crippen LogP contribution in [0.1, 0.15) is 51.9 Å². The molecule has 3 N–H and O–H groups in total. The molecule has 0 spiro atoms. The Kier molecular flexibility index (Phi) is 4.04. The molecule has 2 heteroatoms. The normalized spacial score (nSPS) is 42.0. The Morgan fingerprint density at radius 2 is 2.00 bits per heavy atom. The van der Waals surface area contributed by atoms with Gasteiger partial charge in [-0.1, -0.05) is 13.3 Å². The predicted molar refractivity (Wildman–Crippen MR) is 64.7 cm³/mol. The van der Waals surface area contributed by atoms with Crippen LogP contribution in [0.3, 0.4) is 0 Å². The predicted octanol–water partition coefficient (Wildman–Crippen LogP) is 2.28. The topological polar surface area (TPSA) is 38.0 Å². The van der Waals surface area contributed by atoms with E-state index in [9.17, 15) is 0 Å². The number of hydrogen-bond acceptors (Lipinski definition) is 2. The first-order valence-electron chi connectivity index (χ1n) is 6.73. The zero-order chi connectivity index (χ0) is 10.7. The minimum atomic E-state index is 0.480. The quantitative estimate of drug-likeness (QED) is 0.750. The van der Waals surface area contributed by atoms with Gasteiger partial charge in [-0.3, -0.25) is 0 Å². The highest BCUT2D eigenvalue weighted by atomic mass is 14.9. The van der Waals surface area contributed by atoms with Crippen LogP contribution in [0.4, 0.5) is 0 Å². The van der Waals surface area contributed by atoms with Crippen LogP contribution in [-0.2, 0) is 0 Å². The largest absolute Gasteiger partial charge is 0.328 e. The third-order valence-corrected chi connectivity index (χ3v) is 4.21. The zero-order valence-electron chi connectivity index (χ0n) is 10.0. The molecule has 0 radical (unpaired) electrons. The van der Waals surface area contributed by atoms with Gasteiger partial charge in [-0.2, -0.15) is 0 Å². The SMILES string of the molecule is CC1CCC(NCC2CCCC(N)C2)C1. The van der Waals surface area contributed by atoms with Crippen LogP contribution in [0, 0.1) is 11.8 Å². The minimum Gasteiger partial charge on any atom is -0.328 e. The summed E-state index contributed by atoms with van der Waals surface area (Å²) in [5.74, 6) is 1.79. The van der Waals surface area contributed by atoms with Crippen LogP contribution < -0.4 is 11.1 Å². The summed E-state index contributed by atoms with van der Waals surface area (Å²) in [6.45, 7) is 3.59. The fourth-order valence-corrected chi connectivity index (χ4v) is 3.24. The van der Waals surface area contributed by atoms with E-state index in [0.29, 0.717) is 6.04 Å². The number of hydrogen-bond donors (Lipinski definition) is 2. The smallest absolute Gasteiger partial charge is 0.00698 e. The van der Waals surface area contributed by atoms with Gasteiger partial charge in [0.1, 0.15) is 0 Å². The highest BCUT2D eigenvalue weighted by Gasteiger charge is 2.23. The molecule has 88 valence electrons. The summed E-state index contributed by atoms with van der Waals surface area (Å²) in [4.78, 5) is 0. The minimum absolute atomic E-state index is 0.480. The molecule has 0 aromatic carbocycles. The average molecular weight is 210 g/mol. The lowest BCUT2D eigenvalue weighted by Gasteiger charge is -2.28. The van der Waals surface area contributed by atoms with Gasteiger partial charge in [0.05, 0.1) is 0 Å². The number of nitrogens with two attached hydrogens (primary N) is 1. The molecule has 0 bridgehead atoms. The lowest BCUT2D eigenvalue weighted by atomic mass is 9.86. The molecule has 0 aliphatic heterocycles. The Labute approximate surface area is 94.0 Å². The molecular weight excluding hydrogens is 184 g/mol. The van der Waals surface area contributed by atoms with Gasteiger partial charge in [0.2, 0.25) is 0 Å². The van der Waals surface area contributed by atoms with Crippen LogP contribution in [0.15, 0.2) is 0 Å². The van der Waals surface area contributed by atoms with Crippen molar-refractivity contribution < 1.29 is 0 Å². The van der Waals surface area contributed by atoms with Crippen molar-refractivity contribution in [3.8, 4) is 0 Å². The van der Waals surface area contributed by atoms with Crippen molar-refractivity contribution in [2.45, 2.75) is 64.0 Å². The summed E-state index contributed by atoms with van der Waals surface area (Å²) in [5.41, 5.74) is 6.00. The second-order valence-electron chi connectivity index (χ2n) is 5.82. The molecule has 4 atom stereocenters. The highest BCUT2D eigenvalue weighted by Crippen LogP contribution is 2.26. The second kappa shape index (κ2) is 5.31. The van der Waals surface area contributed by atoms with Crippen LogP contribution in [0.2, 0.25) is 0 Å². The van der Waals surface area contributed by atoms with E-state index >= 15 is 0 Å². The molecule has 2 aliphatic rings. The average Bonchev–Trinajstić information content (AvgIpc) is 2.62. The maximum atomic E-state index is 6.00. The van der Waals surface area contributed by atoms with Crippen molar-refractivity contribution in [1.82, 2.24) is 5.32 Å². The van der Waals surface area contributed by atoms with Crippen LogP contribution >= 0.6 is 0 Å². The van der Waals surface area contributed by atoms with Gasteiger partial charge in [-0.05, 0) is 56.9 Å². The van der Waals surface area contributed by atoms with E-state index in [2.05, 4.69) is 12.2 Å². The third-order valence-electron chi connectivity index (χ3n) is 4.21. The monoisotopic (exact) mass is 210 g/mol. The van der Waals surface area contributed by atoms with E-state index in [0.717, 1.165) is 17.9 Å². The van der Waals surface area contributed by atoms with E-state index in [-0.39, 0.29) is 0 Å². The van der Waals surface area contributed by atoms with Gasteiger partial charge in [-0.25, -0.2) is 0 Å². The third kappa shape index (κ3) is 3.46. The summed E-state index contributed by atoms with van der Waals surface area (Å²) in [6.07, 6.45) is 9.42. The summed E-state index contributed by atoms with van der Waals surface area (Å²) in [5, 5.41) is 3.75. The molecule has 2 fully saturated rings. The van der Waals surface area contributed by atoms with Gasteiger partial charge >= 0.3 is 0 Å². The summed E-state index contributed by atoms with van der Waals surface area (Å²) in [7, 11) is 0. The Bertz CT molecular complexity index is 193. The van der Waals surface area contributed by atoms with Crippen molar-refractivity contribution >= 4 is 0 Å². The van der Waals surface area contributed by atoms with E-state index in [4.69, 9.17) is 5.73 Å². The van der Waals surface area contributed by atoms with Crippen molar-refractivity contribution in [2.24, 2.45) is 17.6 Å². The first-order chi connectivity index (χ1) is 7.24. The highest BCUT2D eigenvalue weighted by molar-refractivity contribution is 4.81. The first kappa shape index (κ1) is 11.4. The molecule has 0 aromatic heterocycles. The Morgan fingerprint density at radius 3 is 2.67 bits per heavy atom. The van der Waals surface area contributed by atoms with Gasteiger partial charge in [0.15, 0.2) is 0 Å². The van der Waals surface area contributed by atoms with Crippen molar-refractivity contribution in [2.75, 3.05) is 6.54 Å². The van der Waals surface area contributed by atoms with Gasteiger partial charge in [0.25, 0.3) is 0 Å². The van der Waals surface area contributed by atoms with E-state index in [1.54, 1.807) is 0 Å². The first-order valence-corrected chi connectivity index (χ1v) is 6.73. The maximum absolute atomic E-state index is 6.00. The van der Waals surface area contributed by atoms with E-state index in [1.165, 1.54) is 51.5 Å². The second-order valence-corrected chi connectivity index (χ2v) is 5.82. The Morgan fingerprint density at radius 1 is 1.13 bits per heavy atom. The standard InChI is InChI=1S/C13H26N2/c1-10-5-6-13(7-10)15-9-11-3-2-4-12(14)8-11/h10-13,15H,2-9,14H2,1H3. The van der Waals surface area contributed by atoms with Gasteiger partial charge in [0, 0.05) is 12.1 Å². The molecule has 4 unspecified atom stereocenters. The van der Waals surface area contributed by atoms with Gasteiger partial charge in [-0.15, -0.1) is 0 Å². The summed E-state index contributed by atoms with van der Waals surface area (Å²) >= 11 is 0. The molecule has 15 heavy (non-hydrogen) atoms. The fourth-order valence-electron chi connectivity index (χ4n) is 3.24. The zero-order valence-corrected chi connectivity index (χ0v) is 10.0. The molecule has 0 saturated heterocycles. The molecule has 2 rings (SSSR count). The van der Waals surface area contributed by atoms with E-state index in [1.807, 2.05) is 0 Å². The molecule has 0 heterocycles. The molecule has 2 nitrogen and oxygen atoms in total. The summed E-state index contributed by atoms with van der Waals surface area (Å²) < 4.78 is 0. The molecule has 2 aliphatic carbocycles. The number of rotatable bonds is 3. The Hall–Kier alpha value is -0.0800. The van der Waals surface area contributed by atoms with E-state index < -0.39 is 0 Å². The van der Waals surface area contributed by atoms with Crippen LogP contribution in [0.25, 0.3) is 0 Å². The summed E-state index contributed by atoms with van der Waals surface area (Å²) in [6, 6.07) is 1.28. The lowest BCUT2D eigenvalue weighted by Crippen LogP contribution is -2.36. The number of nitrogens with one attached hydrogen (secondary N) is 1. The molecule has 0 amide bonds. The van der Waals surface area contributed by atoms with Gasteiger partial charge < -0.3 is 11.1 Å². The van der Waals surface area contributed by atoms with Crippen LogP contribution in [-0.4, -0.2) is 18.6 Å². The van der Waals surface area contributed by atoms with Crippen molar-refractivity contribution in [1.29, 1.82) is 0 Å². The fraction of sp³-hybridized carbons (Fsp3) is 1.00. The lowest BCUT2D eigenvalue weighted by molar-refractivity contribution is 0.299. The molecular formula is C13H26N2. The molecule has 0 aromatic rings. The van der Waals surface area contributed by atoms with Crippen molar-refractivity contribution in [3.05, 3.63) is 0 Å². The van der Waals surface area contributed by atoms with Crippen molar-refractivity contribution in [3.63, 3.8) is 0 Å².